The molecule has 0 fully saturated rings. The lowest BCUT2D eigenvalue weighted by Crippen LogP contribution is -2.31. The van der Waals surface area contributed by atoms with Crippen LogP contribution in [0, 0.1) is 6.92 Å². The zero-order valence-electron chi connectivity index (χ0n) is 9.42. The molecule has 1 atom stereocenters. The van der Waals surface area contributed by atoms with E-state index in [9.17, 15) is 0 Å². The summed E-state index contributed by atoms with van der Waals surface area (Å²) in [5.74, 6) is 5.56. The summed E-state index contributed by atoms with van der Waals surface area (Å²) in [7, 11) is 1.79. The maximum atomic E-state index is 5.56. The molecule has 2 aromatic heterocycles. The summed E-state index contributed by atoms with van der Waals surface area (Å²) < 4.78 is 2.26. The molecule has 0 saturated carbocycles. The predicted molar refractivity (Wildman–Crippen MR) is 64.6 cm³/mol. The van der Waals surface area contributed by atoms with Gasteiger partial charge in [0.15, 0.2) is 4.60 Å². The van der Waals surface area contributed by atoms with Crippen LogP contribution in [0.4, 0.5) is 0 Å². The van der Waals surface area contributed by atoms with Crippen molar-refractivity contribution in [2.45, 2.75) is 13.0 Å². The van der Waals surface area contributed by atoms with Crippen molar-refractivity contribution in [3.63, 3.8) is 0 Å². The van der Waals surface area contributed by atoms with Crippen molar-refractivity contribution in [3.8, 4) is 0 Å². The molecular weight excluding hydrogens is 286 g/mol. The number of nitrogens with zero attached hydrogens (tertiary/aromatic N) is 5. The Morgan fingerprint density at radius 1 is 1.41 bits per heavy atom. The fourth-order valence-electron chi connectivity index (χ4n) is 1.50. The van der Waals surface area contributed by atoms with Crippen molar-refractivity contribution in [2.24, 2.45) is 12.9 Å². The maximum Gasteiger partial charge on any atom is 0.153 e. The van der Waals surface area contributed by atoms with Crippen molar-refractivity contribution in [3.05, 3.63) is 34.1 Å². The van der Waals surface area contributed by atoms with Crippen molar-refractivity contribution < 1.29 is 0 Å². The normalized spacial score (nSPS) is 12.7. The van der Waals surface area contributed by atoms with Crippen molar-refractivity contribution >= 4 is 15.9 Å². The fraction of sp³-hybridized carbons (Fsp3) is 0.333. The van der Waals surface area contributed by atoms with E-state index >= 15 is 0 Å². The standard InChI is InChI=1S/C9H12BrN7/c1-5-3-13-6(4-12-5)7(14-11)8-9(10)15-16-17(8)2/h3-4,7,14H,11H2,1-2H3. The summed E-state index contributed by atoms with van der Waals surface area (Å²) in [4.78, 5) is 8.49. The van der Waals surface area contributed by atoms with Crippen LogP contribution in [0.1, 0.15) is 23.1 Å². The molecule has 0 aliphatic rings. The van der Waals surface area contributed by atoms with Crippen molar-refractivity contribution in [1.82, 2.24) is 30.4 Å². The van der Waals surface area contributed by atoms with E-state index in [-0.39, 0.29) is 6.04 Å². The average molecular weight is 298 g/mol. The Balaban J connectivity index is 2.43. The highest BCUT2D eigenvalue weighted by Gasteiger charge is 2.22. The van der Waals surface area contributed by atoms with Gasteiger partial charge in [0.05, 0.1) is 23.3 Å². The van der Waals surface area contributed by atoms with Crippen LogP contribution < -0.4 is 11.3 Å². The number of aryl methyl sites for hydroxylation is 2. The van der Waals surface area contributed by atoms with Gasteiger partial charge in [-0.2, -0.15) is 0 Å². The summed E-state index contributed by atoms with van der Waals surface area (Å²) in [5.41, 5.74) is 5.05. The SMILES string of the molecule is Cc1cnc(C(NN)c2c(Br)nnn2C)cn1. The maximum absolute atomic E-state index is 5.56. The van der Waals surface area contributed by atoms with Crippen LogP contribution in [0.15, 0.2) is 17.0 Å². The van der Waals surface area contributed by atoms with Gasteiger partial charge in [-0.15, -0.1) is 5.10 Å². The summed E-state index contributed by atoms with van der Waals surface area (Å²) >= 11 is 3.33. The summed E-state index contributed by atoms with van der Waals surface area (Å²) in [6.07, 6.45) is 3.37. The Labute approximate surface area is 107 Å². The van der Waals surface area contributed by atoms with Gasteiger partial charge in [0, 0.05) is 13.2 Å². The number of hydrogen-bond acceptors (Lipinski definition) is 6. The fourth-order valence-corrected chi connectivity index (χ4v) is 2.06. The number of nitrogens with two attached hydrogens (primary N) is 1. The van der Waals surface area contributed by atoms with Crippen LogP contribution in [0.3, 0.4) is 0 Å². The third-order valence-corrected chi connectivity index (χ3v) is 2.93. The highest BCUT2D eigenvalue weighted by atomic mass is 79.9. The quantitative estimate of drug-likeness (QED) is 0.622. The summed E-state index contributed by atoms with van der Waals surface area (Å²) in [6, 6.07) is -0.308. The lowest BCUT2D eigenvalue weighted by molar-refractivity contribution is 0.556. The number of hydrogen-bond donors (Lipinski definition) is 2. The first-order valence-corrected chi connectivity index (χ1v) is 5.72. The molecule has 1 unspecified atom stereocenters. The molecule has 0 aliphatic carbocycles. The molecule has 2 rings (SSSR count). The molecule has 0 aliphatic heterocycles. The van der Waals surface area contributed by atoms with Gasteiger partial charge in [0.2, 0.25) is 0 Å². The second-order valence-electron chi connectivity index (χ2n) is 3.57. The van der Waals surface area contributed by atoms with E-state index in [0.29, 0.717) is 10.3 Å². The number of rotatable bonds is 3. The zero-order chi connectivity index (χ0) is 12.4. The highest BCUT2D eigenvalue weighted by Crippen LogP contribution is 2.24. The molecule has 0 saturated heterocycles. The second kappa shape index (κ2) is 4.86. The molecule has 8 heteroatoms. The Morgan fingerprint density at radius 3 is 2.65 bits per heavy atom. The van der Waals surface area contributed by atoms with Crippen LogP contribution in [0.5, 0.6) is 0 Å². The molecule has 17 heavy (non-hydrogen) atoms. The first kappa shape index (κ1) is 12.1. The highest BCUT2D eigenvalue weighted by molar-refractivity contribution is 9.10. The minimum Gasteiger partial charge on any atom is -0.270 e. The lowest BCUT2D eigenvalue weighted by atomic mass is 10.1. The van der Waals surface area contributed by atoms with Crippen molar-refractivity contribution in [2.75, 3.05) is 0 Å². The molecule has 2 aromatic rings. The van der Waals surface area contributed by atoms with Crippen LogP contribution in [0.2, 0.25) is 0 Å². The number of aromatic nitrogens is 5. The van der Waals surface area contributed by atoms with Crippen LogP contribution >= 0.6 is 15.9 Å². The molecule has 0 aromatic carbocycles. The molecule has 0 amide bonds. The number of nitrogens with one attached hydrogen (secondary N) is 1. The van der Waals surface area contributed by atoms with Gasteiger partial charge in [-0.3, -0.25) is 15.8 Å². The molecule has 0 spiro atoms. The molecular formula is C9H12BrN7. The van der Waals surface area contributed by atoms with Gasteiger partial charge >= 0.3 is 0 Å². The average Bonchev–Trinajstić information content (AvgIpc) is 2.64. The topological polar surface area (TPSA) is 94.5 Å². The van der Waals surface area contributed by atoms with E-state index in [1.54, 1.807) is 24.1 Å². The molecule has 7 nitrogen and oxygen atoms in total. The van der Waals surface area contributed by atoms with Crippen LogP contribution in [-0.2, 0) is 7.05 Å². The smallest absolute Gasteiger partial charge is 0.153 e. The van der Waals surface area contributed by atoms with Gasteiger partial charge in [-0.1, -0.05) is 5.21 Å². The minimum atomic E-state index is -0.308. The number of hydrazine groups is 1. The summed E-state index contributed by atoms with van der Waals surface area (Å²) in [5, 5.41) is 7.82. The van der Waals surface area contributed by atoms with E-state index in [1.165, 1.54) is 0 Å². The Kier molecular flexibility index (Phi) is 3.46. The van der Waals surface area contributed by atoms with E-state index in [2.05, 4.69) is 41.6 Å². The largest absolute Gasteiger partial charge is 0.270 e. The zero-order valence-corrected chi connectivity index (χ0v) is 11.0. The third kappa shape index (κ3) is 2.33. The monoisotopic (exact) mass is 297 g/mol. The molecule has 3 N–H and O–H groups in total. The predicted octanol–water partition coefficient (Wildman–Crippen LogP) is 0.229. The molecule has 2 heterocycles. The first-order chi connectivity index (χ1) is 8.13. The second-order valence-corrected chi connectivity index (χ2v) is 4.32. The van der Waals surface area contributed by atoms with Gasteiger partial charge < -0.3 is 0 Å². The Morgan fingerprint density at radius 2 is 2.18 bits per heavy atom. The van der Waals surface area contributed by atoms with Crippen molar-refractivity contribution in [1.29, 1.82) is 0 Å². The lowest BCUT2D eigenvalue weighted by Gasteiger charge is -2.15. The minimum absolute atomic E-state index is 0.308. The van der Waals surface area contributed by atoms with Gasteiger partial charge in [-0.05, 0) is 22.9 Å². The van der Waals surface area contributed by atoms with E-state index in [4.69, 9.17) is 5.84 Å². The summed E-state index contributed by atoms with van der Waals surface area (Å²) in [6.45, 7) is 1.88. The Hall–Kier alpha value is -1.38. The first-order valence-electron chi connectivity index (χ1n) is 4.93. The van der Waals surface area contributed by atoms with Crippen LogP contribution in [-0.4, -0.2) is 25.0 Å². The number of halogens is 1. The van der Waals surface area contributed by atoms with E-state index in [0.717, 1.165) is 11.4 Å². The van der Waals surface area contributed by atoms with Gasteiger partial charge in [0.25, 0.3) is 0 Å². The third-order valence-electron chi connectivity index (χ3n) is 2.36. The Bertz CT molecular complexity index is 487. The molecule has 0 bridgehead atoms. The van der Waals surface area contributed by atoms with Gasteiger partial charge in [-0.25, -0.2) is 10.1 Å². The molecule has 90 valence electrons. The molecule has 0 radical (unpaired) electrons. The van der Waals surface area contributed by atoms with E-state index < -0.39 is 0 Å². The van der Waals surface area contributed by atoms with Crippen LogP contribution in [0.25, 0.3) is 0 Å². The van der Waals surface area contributed by atoms with Gasteiger partial charge in [0.1, 0.15) is 6.04 Å². The van der Waals surface area contributed by atoms with E-state index in [1.807, 2.05) is 6.92 Å².